The average molecular weight is 405 g/mol. The molecular formula is C17H13F2N5OS2. The number of hydrogen-bond donors (Lipinski definition) is 2. The number of amidine groups is 1. The highest BCUT2D eigenvalue weighted by atomic mass is 32.2. The SMILES string of the molecule is N=C1SC(=Cc2cn[nH]c2-c2ccc(F)c(F)c2)COCN1c1nccs1. The number of hydrogen-bond acceptors (Lipinski definition) is 6. The molecule has 1 saturated heterocycles. The molecule has 0 unspecified atom stereocenters. The zero-order valence-corrected chi connectivity index (χ0v) is 15.4. The average Bonchev–Trinajstić information content (AvgIpc) is 3.29. The van der Waals surface area contributed by atoms with Crippen molar-refractivity contribution in [3.8, 4) is 11.3 Å². The molecule has 1 fully saturated rings. The number of anilines is 1. The zero-order chi connectivity index (χ0) is 18.8. The fourth-order valence-corrected chi connectivity index (χ4v) is 4.05. The van der Waals surface area contributed by atoms with Gasteiger partial charge in [0, 0.05) is 27.6 Å². The summed E-state index contributed by atoms with van der Waals surface area (Å²) >= 11 is 2.69. The molecule has 0 aliphatic carbocycles. The molecule has 0 radical (unpaired) electrons. The normalized spacial score (nSPS) is 16.7. The van der Waals surface area contributed by atoms with Crippen LogP contribution in [-0.2, 0) is 4.74 Å². The molecule has 1 aromatic carbocycles. The first-order chi connectivity index (χ1) is 13.1. The smallest absolute Gasteiger partial charge is 0.193 e. The zero-order valence-electron chi connectivity index (χ0n) is 13.8. The second kappa shape index (κ2) is 7.59. The third-order valence-electron chi connectivity index (χ3n) is 3.78. The maximum atomic E-state index is 13.6. The van der Waals surface area contributed by atoms with Crippen molar-refractivity contribution in [1.29, 1.82) is 5.41 Å². The Labute approximate surface area is 161 Å². The second-order valence-electron chi connectivity index (χ2n) is 5.57. The predicted octanol–water partition coefficient (Wildman–Crippen LogP) is 4.31. The summed E-state index contributed by atoms with van der Waals surface area (Å²) in [6.07, 6.45) is 5.10. The molecule has 27 heavy (non-hydrogen) atoms. The maximum Gasteiger partial charge on any atom is 0.193 e. The Hall–Kier alpha value is -2.56. The number of thioether (sulfide) groups is 1. The fourth-order valence-electron chi connectivity index (χ4n) is 2.53. The molecule has 6 nitrogen and oxygen atoms in total. The van der Waals surface area contributed by atoms with Crippen molar-refractivity contribution in [2.75, 3.05) is 18.2 Å². The third kappa shape index (κ3) is 3.77. The van der Waals surface area contributed by atoms with Gasteiger partial charge in [0.25, 0.3) is 0 Å². The van der Waals surface area contributed by atoms with Gasteiger partial charge in [0.15, 0.2) is 21.9 Å². The van der Waals surface area contributed by atoms with Crippen LogP contribution in [0.5, 0.6) is 0 Å². The third-order valence-corrected chi connectivity index (χ3v) is 5.49. The van der Waals surface area contributed by atoms with Gasteiger partial charge in [-0.1, -0.05) is 11.8 Å². The number of benzene rings is 1. The van der Waals surface area contributed by atoms with E-state index in [9.17, 15) is 8.78 Å². The molecule has 3 heterocycles. The van der Waals surface area contributed by atoms with E-state index in [4.69, 9.17) is 10.1 Å². The number of nitrogens with one attached hydrogen (secondary N) is 2. The number of rotatable bonds is 3. The van der Waals surface area contributed by atoms with E-state index in [1.807, 2.05) is 11.5 Å². The van der Waals surface area contributed by atoms with Gasteiger partial charge >= 0.3 is 0 Å². The van der Waals surface area contributed by atoms with Crippen molar-refractivity contribution in [2.45, 2.75) is 0 Å². The highest BCUT2D eigenvalue weighted by Crippen LogP contribution is 2.31. The highest BCUT2D eigenvalue weighted by Gasteiger charge is 2.21. The molecule has 138 valence electrons. The number of aromatic nitrogens is 3. The Bertz CT molecular complexity index is 1000. The summed E-state index contributed by atoms with van der Waals surface area (Å²) in [5.74, 6) is -1.82. The molecule has 10 heteroatoms. The molecule has 0 bridgehead atoms. The molecule has 0 saturated carbocycles. The first kappa shape index (κ1) is 17.8. The van der Waals surface area contributed by atoms with E-state index in [-0.39, 0.29) is 6.73 Å². The minimum atomic E-state index is -0.922. The van der Waals surface area contributed by atoms with Gasteiger partial charge in [-0.05, 0) is 24.3 Å². The van der Waals surface area contributed by atoms with E-state index >= 15 is 0 Å². The second-order valence-corrected chi connectivity index (χ2v) is 7.56. The van der Waals surface area contributed by atoms with E-state index in [1.54, 1.807) is 17.3 Å². The van der Waals surface area contributed by atoms with Crippen molar-refractivity contribution in [3.05, 3.63) is 58.1 Å². The van der Waals surface area contributed by atoms with Crippen LogP contribution in [0.2, 0.25) is 0 Å². The Morgan fingerprint density at radius 2 is 2.19 bits per heavy atom. The van der Waals surface area contributed by atoms with Crippen LogP contribution < -0.4 is 4.90 Å². The molecule has 0 atom stereocenters. The number of thiazole rings is 1. The van der Waals surface area contributed by atoms with E-state index in [0.717, 1.165) is 17.0 Å². The minimum absolute atomic E-state index is 0.234. The first-order valence-corrected chi connectivity index (χ1v) is 9.52. The summed E-state index contributed by atoms with van der Waals surface area (Å²) in [7, 11) is 0. The summed E-state index contributed by atoms with van der Waals surface area (Å²) in [6, 6.07) is 3.68. The molecule has 4 rings (SSSR count). The molecule has 2 N–H and O–H groups in total. The molecule has 0 amide bonds. The molecule has 2 aromatic heterocycles. The van der Waals surface area contributed by atoms with Gasteiger partial charge in [-0.3, -0.25) is 15.4 Å². The maximum absolute atomic E-state index is 13.6. The monoisotopic (exact) mass is 405 g/mol. The lowest BCUT2D eigenvalue weighted by Crippen LogP contribution is -2.28. The van der Waals surface area contributed by atoms with Crippen LogP contribution in [0.1, 0.15) is 5.56 Å². The molecule has 1 aliphatic rings. The summed E-state index contributed by atoms with van der Waals surface area (Å²) in [5.41, 5.74) is 1.74. The number of ether oxygens (including phenoxy) is 1. The lowest BCUT2D eigenvalue weighted by Gasteiger charge is -2.17. The Balaban J connectivity index is 1.60. The van der Waals surface area contributed by atoms with Crippen LogP contribution in [0.25, 0.3) is 17.3 Å². The van der Waals surface area contributed by atoms with Crippen LogP contribution in [0.4, 0.5) is 13.9 Å². The van der Waals surface area contributed by atoms with Crippen molar-refractivity contribution >= 4 is 39.5 Å². The van der Waals surface area contributed by atoms with E-state index in [1.165, 1.54) is 29.2 Å². The standard InChI is InChI=1S/C17H13F2N5OS2/c18-13-2-1-10(6-14(13)19)15-11(7-22-23-15)5-12-8-25-9-24(16(20)27-12)17-21-3-4-26-17/h1-7,20H,8-9H2,(H,22,23). The predicted molar refractivity (Wildman–Crippen MR) is 103 cm³/mol. The Morgan fingerprint density at radius 3 is 2.96 bits per heavy atom. The number of halogens is 2. The van der Waals surface area contributed by atoms with E-state index in [0.29, 0.717) is 33.7 Å². The van der Waals surface area contributed by atoms with Gasteiger partial charge in [0.1, 0.15) is 6.73 Å². The van der Waals surface area contributed by atoms with Crippen LogP contribution >= 0.6 is 23.1 Å². The van der Waals surface area contributed by atoms with Crippen LogP contribution in [0.15, 0.2) is 40.9 Å². The lowest BCUT2D eigenvalue weighted by molar-refractivity contribution is 0.171. The summed E-state index contributed by atoms with van der Waals surface area (Å²) in [5, 5.41) is 18.0. The first-order valence-electron chi connectivity index (χ1n) is 7.82. The van der Waals surface area contributed by atoms with E-state index in [2.05, 4.69) is 15.2 Å². The topological polar surface area (TPSA) is 77.9 Å². The van der Waals surface area contributed by atoms with Gasteiger partial charge in [0.2, 0.25) is 0 Å². The quantitative estimate of drug-likeness (QED) is 0.679. The number of aromatic amines is 1. The van der Waals surface area contributed by atoms with Gasteiger partial charge in [-0.2, -0.15) is 5.10 Å². The lowest BCUT2D eigenvalue weighted by atomic mass is 10.1. The number of H-pyrrole nitrogens is 1. The Morgan fingerprint density at radius 1 is 1.30 bits per heavy atom. The Kier molecular flexibility index (Phi) is 5.01. The van der Waals surface area contributed by atoms with Gasteiger partial charge < -0.3 is 4.74 Å². The fraction of sp³-hybridized carbons (Fsp3) is 0.118. The van der Waals surface area contributed by atoms with Gasteiger partial charge in [-0.15, -0.1) is 11.3 Å². The summed E-state index contributed by atoms with van der Waals surface area (Å²) < 4.78 is 32.4. The van der Waals surface area contributed by atoms with Crippen LogP contribution in [0.3, 0.4) is 0 Å². The van der Waals surface area contributed by atoms with Crippen molar-refractivity contribution in [2.24, 2.45) is 0 Å². The molecule has 1 aliphatic heterocycles. The summed E-state index contributed by atoms with van der Waals surface area (Å²) in [6.45, 7) is 0.551. The largest absolute Gasteiger partial charge is 0.355 e. The van der Waals surface area contributed by atoms with Crippen molar-refractivity contribution in [1.82, 2.24) is 15.2 Å². The summed E-state index contributed by atoms with van der Waals surface area (Å²) in [4.78, 5) is 6.69. The molecule has 0 spiro atoms. The number of nitrogens with zero attached hydrogens (tertiary/aromatic N) is 3. The van der Waals surface area contributed by atoms with Gasteiger partial charge in [0.05, 0.1) is 18.5 Å². The molecule has 3 aromatic rings. The van der Waals surface area contributed by atoms with Crippen LogP contribution in [0, 0.1) is 17.0 Å². The van der Waals surface area contributed by atoms with Gasteiger partial charge in [-0.25, -0.2) is 13.8 Å². The van der Waals surface area contributed by atoms with Crippen molar-refractivity contribution in [3.63, 3.8) is 0 Å². The minimum Gasteiger partial charge on any atom is -0.355 e. The molecular weight excluding hydrogens is 392 g/mol. The van der Waals surface area contributed by atoms with E-state index < -0.39 is 11.6 Å². The highest BCUT2D eigenvalue weighted by molar-refractivity contribution is 8.17. The van der Waals surface area contributed by atoms with Crippen LogP contribution in [-0.4, -0.2) is 33.7 Å². The van der Waals surface area contributed by atoms with Crippen molar-refractivity contribution < 1.29 is 13.5 Å².